The Morgan fingerprint density at radius 3 is 2.69 bits per heavy atom. The van der Waals surface area contributed by atoms with Crippen molar-refractivity contribution in [2.24, 2.45) is 10.7 Å². The monoisotopic (exact) mass is 186 g/mol. The fourth-order valence-corrected chi connectivity index (χ4v) is 0.753. The Kier molecular flexibility index (Phi) is 5.67. The smallest absolute Gasteiger partial charge is 0.242 e. The Bertz CT molecular complexity index is 191. The minimum atomic E-state index is -0.338. The average Bonchev–Trinajstić information content (AvgIpc) is 2.13. The second kappa shape index (κ2) is 6.28. The summed E-state index contributed by atoms with van der Waals surface area (Å²) < 4.78 is 0. The molecule has 5 heteroatoms. The average molecular weight is 186 g/mol. The lowest BCUT2D eigenvalue weighted by molar-refractivity contribution is -0.122. The molecule has 0 spiro atoms. The predicted molar refractivity (Wildman–Crippen MR) is 53.4 cm³/mol. The van der Waals surface area contributed by atoms with E-state index in [0.717, 1.165) is 6.42 Å². The van der Waals surface area contributed by atoms with E-state index in [1.54, 1.807) is 14.0 Å². The van der Waals surface area contributed by atoms with E-state index in [4.69, 9.17) is 5.73 Å². The Morgan fingerprint density at radius 1 is 1.62 bits per heavy atom. The van der Waals surface area contributed by atoms with Crippen LogP contribution in [0.15, 0.2) is 4.99 Å². The first-order chi connectivity index (χ1) is 6.11. The van der Waals surface area contributed by atoms with E-state index in [0.29, 0.717) is 6.54 Å². The van der Waals surface area contributed by atoms with E-state index < -0.39 is 0 Å². The summed E-state index contributed by atoms with van der Waals surface area (Å²) in [6.07, 6.45) is 0.926. The molecule has 0 saturated heterocycles. The predicted octanol–water partition coefficient (Wildman–Crippen LogP) is -0.565. The highest BCUT2D eigenvalue weighted by Gasteiger charge is 2.11. The summed E-state index contributed by atoms with van der Waals surface area (Å²) in [6.45, 7) is 4.43. The molecule has 0 aliphatic carbocycles. The van der Waals surface area contributed by atoms with E-state index in [1.165, 1.54) is 0 Å². The quantitative estimate of drug-likeness (QED) is 0.406. The lowest BCUT2D eigenvalue weighted by Gasteiger charge is -2.13. The summed E-state index contributed by atoms with van der Waals surface area (Å²) in [5, 5.41) is 5.50. The van der Waals surface area contributed by atoms with Crippen LogP contribution in [-0.2, 0) is 4.79 Å². The number of amides is 1. The van der Waals surface area contributed by atoms with Gasteiger partial charge in [-0.2, -0.15) is 0 Å². The minimum absolute atomic E-state index is 0.0616. The lowest BCUT2D eigenvalue weighted by Crippen LogP contribution is -2.47. The molecule has 0 aromatic carbocycles. The van der Waals surface area contributed by atoms with Gasteiger partial charge in [0.25, 0.3) is 0 Å². The van der Waals surface area contributed by atoms with Gasteiger partial charge in [0.2, 0.25) is 5.91 Å². The van der Waals surface area contributed by atoms with Gasteiger partial charge >= 0.3 is 0 Å². The van der Waals surface area contributed by atoms with Crippen LogP contribution in [0.25, 0.3) is 0 Å². The summed E-state index contributed by atoms with van der Waals surface area (Å²) in [7, 11) is 1.57. The molecule has 0 aromatic rings. The number of carbonyl (C=O) groups is 1. The zero-order valence-corrected chi connectivity index (χ0v) is 8.42. The molecule has 5 nitrogen and oxygen atoms in total. The van der Waals surface area contributed by atoms with Gasteiger partial charge in [-0.05, 0) is 13.3 Å². The first-order valence-electron chi connectivity index (χ1n) is 4.38. The Labute approximate surface area is 78.8 Å². The number of nitrogens with zero attached hydrogens (tertiary/aromatic N) is 1. The Balaban J connectivity index is 3.82. The molecule has 0 bridgehead atoms. The highest BCUT2D eigenvalue weighted by atomic mass is 16.2. The molecular weight excluding hydrogens is 168 g/mol. The third-order valence-electron chi connectivity index (χ3n) is 1.55. The van der Waals surface area contributed by atoms with Crippen molar-refractivity contribution in [2.45, 2.75) is 26.3 Å². The highest BCUT2D eigenvalue weighted by molar-refractivity contribution is 5.87. The van der Waals surface area contributed by atoms with Crippen molar-refractivity contribution in [3.05, 3.63) is 0 Å². The molecule has 0 aliphatic heterocycles. The molecule has 0 heterocycles. The molecule has 0 aromatic heterocycles. The van der Waals surface area contributed by atoms with E-state index in [1.807, 2.05) is 6.92 Å². The molecule has 0 radical (unpaired) electrons. The SMILES string of the molecule is CCCNC(=O)C(C)NC(N)=NC. The van der Waals surface area contributed by atoms with Gasteiger partial charge in [0.1, 0.15) is 6.04 Å². The number of nitrogens with one attached hydrogen (secondary N) is 2. The first kappa shape index (κ1) is 11.7. The second-order valence-corrected chi connectivity index (χ2v) is 2.77. The fraction of sp³-hybridized carbons (Fsp3) is 0.750. The second-order valence-electron chi connectivity index (χ2n) is 2.77. The molecule has 0 saturated carbocycles. The van der Waals surface area contributed by atoms with Crippen molar-refractivity contribution >= 4 is 11.9 Å². The third kappa shape index (κ3) is 5.05. The molecule has 1 amide bonds. The molecule has 76 valence electrons. The van der Waals surface area contributed by atoms with Crippen molar-refractivity contribution in [1.82, 2.24) is 10.6 Å². The van der Waals surface area contributed by atoms with Crippen LogP contribution in [0, 0.1) is 0 Å². The van der Waals surface area contributed by atoms with Crippen LogP contribution < -0.4 is 16.4 Å². The van der Waals surface area contributed by atoms with Gasteiger partial charge in [0.05, 0.1) is 0 Å². The maximum Gasteiger partial charge on any atom is 0.242 e. The van der Waals surface area contributed by atoms with Crippen LogP contribution in [0.3, 0.4) is 0 Å². The van der Waals surface area contributed by atoms with Crippen LogP contribution in [0.2, 0.25) is 0 Å². The van der Waals surface area contributed by atoms with Gasteiger partial charge in [-0.25, -0.2) is 0 Å². The lowest BCUT2D eigenvalue weighted by atomic mass is 10.3. The number of aliphatic imine (C=N–C) groups is 1. The molecule has 4 N–H and O–H groups in total. The molecular formula is C8H18N4O. The maximum atomic E-state index is 11.3. The number of carbonyl (C=O) groups excluding carboxylic acids is 1. The minimum Gasteiger partial charge on any atom is -0.370 e. The van der Waals surface area contributed by atoms with Crippen molar-refractivity contribution in [3.8, 4) is 0 Å². The standard InChI is InChI=1S/C8H18N4O/c1-4-5-11-7(13)6(2)12-8(9)10-3/h6H,4-5H2,1-3H3,(H,11,13)(H3,9,10,12). The summed E-state index contributed by atoms with van der Waals surface area (Å²) >= 11 is 0. The van der Waals surface area contributed by atoms with Gasteiger partial charge in [0, 0.05) is 13.6 Å². The largest absolute Gasteiger partial charge is 0.370 e. The van der Waals surface area contributed by atoms with Gasteiger partial charge in [-0.3, -0.25) is 9.79 Å². The fourth-order valence-electron chi connectivity index (χ4n) is 0.753. The molecule has 13 heavy (non-hydrogen) atoms. The van der Waals surface area contributed by atoms with Gasteiger partial charge in [-0.1, -0.05) is 6.92 Å². The number of nitrogens with two attached hydrogens (primary N) is 1. The van der Waals surface area contributed by atoms with Crippen molar-refractivity contribution in [1.29, 1.82) is 0 Å². The number of rotatable bonds is 4. The summed E-state index contributed by atoms with van der Waals surface area (Å²) in [5.74, 6) is 0.215. The van der Waals surface area contributed by atoms with Crippen LogP contribution in [0.5, 0.6) is 0 Å². The highest BCUT2D eigenvalue weighted by Crippen LogP contribution is 1.81. The van der Waals surface area contributed by atoms with E-state index in [-0.39, 0.29) is 17.9 Å². The maximum absolute atomic E-state index is 11.3. The Hall–Kier alpha value is -1.26. The van der Waals surface area contributed by atoms with Gasteiger partial charge < -0.3 is 16.4 Å². The summed E-state index contributed by atoms with van der Waals surface area (Å²) in [4.78, 5) is 15.0. The number of hydrogen-bond donors (Lipinski definition) is 3. The van der Waals surface area contributed by atoms with Crippen LogP contribution in [-0.4, -0.2) is 31.5 Å². The van der Waals surface area contributed by atoms with Crippen molar-refractivity contribution < 1.29 is 4.79 Å². The van der Waals surface area contributed by atoms with Crippen molar-refractivity contribution in [2.75, 3.05) is 13.6 Å². The van der Waals surface area contributed by atoms with E-state index >= 15 is 0 Å². The molecule has 0 fully saturated rings. The molecule has 0 rings (SSSR count). The zero-order valence-electron chi connectivity index (χ0n) is 8.42. The molecule has 0 aliphatic rings. The molecule has 1 atom stereocenters. The zero-order chi connectivity index (χ0) is 10.3. The normalized spacial score (nSPS) is 13.6. The van der Waals surface area contributed by atoms with Crippen LogP contribution in [0.4, 0.5) is 0 Å². The van der Waals surface area contributed by atoms with Crippen LogP contribution >= 0.6 is 0 Å². The topological polar surface area (TPSA) is 79.5 Å². The summed E-state index contributed by atoms with van der Waals surface area (Å²) in [5.41, 5.74) is 5.40. The molecule has 1 unspecified atom stereocenters. The third-order valence-corrected chi connectivity index (χ3v) is 1.55. The number of guanidine groups is 1. The number of hydrogen-bond acceptors (Lipinski definition) is 2. The van der Waals surface area contributed by atoms with Gasteiger partial charge in [-0.15, -0.1) is 0 Å². The Morgan fingerprint density at radius 2 is 2.23 bits per heavy atom. The van der Waals surface area contributed by atoms with E-state index in [9.17, 15) is 4.79 Å². The first-order valence-corrected chi connectivity index (χ1v) is 4.38. The van der Waals surface area contributed by atoms with Crippen LogP contribution in [0.1, 0.15) is 20.3 Å². The summed E-state index contributed by atoms with van der Waals surface area (Å²) in [6, 6.07) is -0.338. The van der Waals surface area contributed by atoms with Gasteiger partial charge in [0.15, 0.2) is 5.96 Å². The van der Waals surface area contributed by atoms with Crippen molar-refractivity contribution in [3.63, 3.8) is 0 Å². The van der Waals surface area contributed by atoms with E-state index in [2.05, 4.69) is 15.6 Å².